The second-order valence-electron chi connectivity index (χ2n) is 8.81. The molecule has 8 nitrogen and oxygen atoms in total. The first kappa shape index (κ1) is 23.9. The van der Waals surface area contributed by atoms with E-state index < -0.39 is 23.2 Å². The predicted molar refractivity (Wildman–Crippen MR) is 134 cm³/mol. The molecule has 0 aliphatic carbocycles. The fraction of sp³-hybridized carbons (Fsp3) is 0.308. The van der Waals surface area contributed by atoms with Gasteiger partial charge >= 0.3 is 0 Å². The van der Waals surface area contributed by atoms with Gasteiger partial charge in [0.05, 0.1) is 30.7 Å². The normalized spacial score (nSPS) is 15.1. The number of methoxy groups -OCH3 is 1. The van der Waals surface area contributed by atoms with Crippen molar-refractivity contribution in [1.29, 1.82) is 0 Å². The zero-order chi connectivity index (χ0) is 25.6. The highest BCUT2D eigenvalue weighted by Gasteiger charge is 2.45. The molecule has 5 rings (SSSR count). The number of carbonyl (C=O) groups excluding carboxylic acids is 1. The van der Waals surface area contributed by atoms with E-state index in [2.05, 4.69) is 24.0 Å². The average molecular weight is 510 g/mol. The largest absolute Gasteiger partial charge is 0.493 e. The van der Waals surface area contributed by atoms with Crippen LogP contribution in [0, 0.1) is 11.7 Å². The summed E-state index contributed by atoms with van der Waals surface area (Å²) in [6.45, 7) is 6.44. The molecule has 0 saturated carbocycles. The Labute approximate surface area is 210 Å². The monoisotopic (exact) mass is 509 g/mol. The maximum atomic E-state index is 14.0. The van der Waals surface area contributed by atoms with E-state index in [-0.39, 0.29) is 22.3 Å². The van der Waals surface area contributed by atoms with E-state index in [1.807, 2.05) is 6.92 Å². The summed E-state index contributed by atoms with van der Waals surface area (Å²) in [4.78, 5) is 28.8. The van der Waals surface area contributed by atoms with Crippen molar-refractivity contribution in [2.24, 2.45) is 5.92 Å². The van der Waals surface area contributed by atoms with E-state index in [4.69, 9.17) is 13.9 Å². The highest BCUT2D eigenvalue weighted by Crippen LogP contribution is 2.44. The van der Waals surface area contributed by atoms with Gasteiger partial charge in [0.25, 0.3) is 5.91 Å². The predicted octanol–water partition coefficient (Wildman–Crippen LogP) is 5.14. The van der Waals surface area contributed by atoms with Crippen LogP contribution in [0.1, 0.15) is 53.5 Å². The number of aromatic nitrogens is 2. The number of rotatable bonds is 7. The average Bonchev–Trinajstić information content (AvgIpc) is 3.41. The first-order valence-electron chi connectivity index (χ1n) is 11.5. The van der Waals surface area contributed by atoms with Crippen LogP contribution in [-0.2, 0) is 6.42 Å². The Balaban J connectivity index is 1.74. The molecule has 1 atom stereocenters. The van der Waals surface area contributed by atoms with Gasteiger partial charge in [0.15, 0.2) is 16.9 Å². The SMILES string of the molecule is CCOc1ccc(C2c3c(oc4ccc(F)cc4c3=O)C(=O)N2c2nnc(CC(C)C)s2)cc1OC. The lowest BCUT2D eigenvalue weighted by atomic mass is 9.98. The molecule has 1 unspecified atom stereocenters. The summed E-state index contributed by atoms with van der Waals surface area (Å²) in [5.74, 6) is 0.146. The zero-order valence-corrected chi connectivity index (χ0v) is 21.0. The highest BCUT2D eigenvalue weighted by atomic mass is 32.1. The van der Waals surface area contributed by atoms with Crippen molar-refractivity contribution in [2.45, 2.75) is 33.2 Å². The number of anilines is 1. The molecule has 10 heteroatoms. The maximum Gasteiger partial charge on any atom is 0.297 e. The van der Waals surface area contributed by atoms with Crippen LogP contribution in [0.2, 0.25) is 0 Å². The number of fused-ring (bicyclic) bond motifs is 2. The fourth-order valence-electron chi connectivity index (χ4n) is 4.36. The third-order valence-corrected chi connectivity index (χ3v) is 6.83. The summed E-state index contributed by atoms with van der Waals surface area (Å²) in [6, 6.07) is 7.99. The van der Waals surface area contributed by atoms with Crippen LogP contribution in [-0.4, -0.2) is 29.8 Å². The highest BCUT2D eigenvalue weighted by molar-refractivity contribution is 7.15. The van der Waals surface area contributed by atoms with E-state index in [0.29, 0.717) is 41.1 Å². The lowest BCUT2D eigenvalue weighted by Gasteiger charge is -2.23. The van der Waals surface area contributed by atoms with Crippen LogP contribution in [0.3, 0.4) is 0 Å². The first-order chi connectivity index (χ1) is 17.3. The molecule has 1 aliphatic rings. The molecule has 4 aromatic rings. The van der Waals surface area contributed by atoms with Crippen molar-refractivity contribution in [2.75, 3.05) is 18.6 Å². The van der Waals surface area contributed by atoms with E-state index >= 15 is 0 Å². The van der Waals surface area contributed by atoms with Gasteiger partial charge in [-0.2, -0.15) is 0 Å². The van der Waals surface area contributed by atoms with Gasteiger partial charge < -0.3 is 13.9 Å². The van der Waals surface area contributed by atoms with Crippen LogP contribution >= 0.6 is 11.3 Å². The van der Waals surface area contributed by atoms with Crippen LogP contribution in [0.4, 0.5) is 9.52 Å². The Hall–Kier alpha value is -3.79. The lowest BCUT2D eigenvalue weighted by molar-refractivity contribution is 0.0970. The number of carbonyl (C=O) groups is 1. The maximum absolute atomic E-state index is 14.0. The third-order valence-electron chi connectivity index (χ3n) is 5.88. The molecule has 3 heterocycles. The molecule has 2 aromatic carbocycles. The fourth-order valence-corrected chi connectivity index (χ4v) is 5.44. The van der Waals surface area contributed by atoms with Gasteiger partial charge in [0.2, 0.25) is 10.9 Å². The van der Waals surface area contributed by atoms with Crippen molar-refractivity contribution in [3.05, 3.63) is 74.3 Å². The Morgan fingerprint density at radius 1 is 1.14 bits per heavy atom. The topological polar surface area (TPSA) is 94.8 Å². The molecule has 0 bridgehead atoms. The Morgan fingerprint density at radius 3 is 2.67 bits per heavy atom. The zero-order valence-electron chi connectivity index (χ0n) is 20.2. The molecule has 0 fully saturated rings. The standard InChI is InChI=1S/C26H24FN3O5S/c1-5-34-18-8-6-14(11-19(18)33-4)22-21-23(31)16-12-15(27)7-9-17(16)35-24(21)25(32)30(22)26-29-28-20(36-26)10-13(2)3/h6-9,11-13,22H,5,10H2,1-4H3. The lowest BCUT2D eigenvalue weighted by Crippen LogP contribution is -2.29. The molecule has 1 aliphatic heterocycles. The molecule has 186 valence electrons. The molecule has 0 saturated heterocycles. The van der Waals surface area contributed by atoms with Crippen molar-refractivity contribution in [1.82, 2.24) is 10.2 Å². The quantitative estimate of drug-likeness (QED) is 0.340. The van der Waals surface area contributed by atoms with E-state index in [1.54, 1.807) is 18.2 Å². The van der Waals surface area contributed by atoms with Crippen LogP contribution in [0.15, 0.2) is 45.6 Å². The number of ether oxygens (including phenoxy) is 2. The van der Waals surface area contributed by atoms with Crippen LogP contribution in [0.5, 0.6) is 11.5 Å². The third kappa shape index (κ3) is 4.01. The van der Waals surface area contributed by atoms with Gasteiger partial charge in [-0.15, -0.1) is 10.2 Å². The number of halogens is 1. The molecule has 1 amide bonds. The molecular formula is C26H24FN3O5S. The van der Waals surface area contributed by atoms with E-state index in [1.165, 1.54) is 35.5 Å². The van der Waals surface area contributed by atoms with E-state index in [0.717, 1.165) is 11.1 Å². The minimum atomic E-state index is -0.874. The molecule has 0 N–H and O–H groups in total. The Kier molecular flexibility index (Phi) is 6.21. The molecular weight excluding hydrogens is 485 g/mol. The second-order valence-corrected chi connectivity index (χ2v) is 9.85. The molecule has 2 aromatic heterocycles. The van der Waals surface area contributed by atoms with Gasteiger partial charge in [-0.25, -0.2) is 4.39 Å². The summed E-state index contributed by atoms with van der Waals surface area (Å²) in [7, 11) is 1.51. The van der Waals surface area contributed by atoms with Crippen molar-refractivity contribution in [3.8, 4) is 11.5 Å². The first-order valence-corrected chi connectivity index (χ1v) is 12.4. The van der Waals surface area contributed by atoms with Gasteiger partial charge in [-0.3, -0.25) is 14.5 Å². The number of hydrogen-bond acceptors (Lipinski definition) is 8. The van der Waals surface area contributed by atoms with Crippen molar-refractivity contribution >= 4 is 33.3 Å². The Bertz CT molecular complexity index is 1530. The van der Waals surface area contributed by atoms with Crippen molar-refractivity contribution in [3.63, 3.8) is 0 Å². The summed E-state index contributed by atoms with van der Waals surface area (Å²) in [6.07, 6.45) is 0.703. The molecule has 0 spiro atoms. The smallest absolute Gasteiger partial charge is 0.297 e. The van der Waals surface area contributed by atoms with Gasteiger partial charge in [0, 0.05) is 6.42 Å². The van der Waals surface area contributed by atoms with Gasteiger partial charge in [-0.1, -0.05) is 31.3 Å². The van der Waals surface area contributed by atoms with Crippen LogP contribution in [0.25, 0.3) is 11.0 Å². The molecule has 36 heavy (non-hydrogen) atoms. The second kappa shape index (κ2) is 9.34. The molecule has 0 radical (unpaired) electrons. The van der Waals surface area contributed by atoms with E-state index in [9.17, 15) is 14.0 Å². The van der Waals surface area contributed by atoms with Gasteiger partial charge in [0.1, 0.15) is 16.4 Å². The summed E-state index contributed by atoms with van der Waals surface area (Å²) in [5, 5.41) is 9.71. The number of nitrogens with zero attached hydrogens (tertiary/aromatic N) is 3. The number of amides is 1. The number of hydrogen-bond donors (Lipinski definition) is 0. The van der Waals surface area contributed by atoms with Gasteiger partial charge in [-0.05, 0) is 48.7 Å². The van der Waals surface area contributed by atoms with Crippen molar-refractivity contribution < 1.29 is 23.1 Å². The summed E-state index contributed by atoms with van der Waals surface area (Å²) >= 11 is 1.29. The minimum absolute atomic E-state index is 0.0593. The summed E-state index contributed by atoms with van der Waals surface area (Å²) < 4.78 is 31.1. The Morgan fingerprint density at radius 2 is 1.94 bits per heavy atom. The van der Waals surface area contributed by atoms with Crippen LogP contribution < -0.4 is 19.8 Å². The summed E-state index contributed by atoms with van der Waals surface area (Å²) in [5.41, 5.74) is 0.360. The minimum Gasteiger partial charge on any atom is -0.493 e. The number of benzene rings is 2.